The molecule has 7 heteroatoms. The molecule has 30 heavy (non-hydrogen) atoms. The van der Waals surface area contributed by atoms with Crippen molar-refractivity contribution in [1.82, 2.24) is 4.90 Å². The molecule has 0 saturated heterocycles. The summed E-state index contributed by atoms with van der Waals surface area (Å²) in [6.07, 6.45) is -1.39. The second-order valence-electron chi connectivity index (χ2n) is 9.54. The maximum absolute atomic E-state index is 12.8. The number of nitrogens with zero attached hydrogens (tertiary/aromatic N) is 1. The molecule has 0 radical (unpaired) electrons. The minimum atomic E-state index is -1.10. The van der Waals surface area contributed by atoms with E-state index in [2.05, 4.69) is 0 Å². The Morgan fingerprint density at radius 2 is 1.53 bits per heavy atom. The molecule has 0 saturated carbocycles. The molecule has 0 aliphatic rings. The Bertz CT molecular complexity index is 717. The van der Waals surface area contributed by atoms with Crippen LogP contribution in [-0.4, -0.2) is 47.7 Å². The normalized spacial score (nSPS) is 13.7. The van der Waals surface area contributed by atoms with Crippen molar-refractivity contribution >= 4 is 18.0 Å². The number of carbonyl (C=O) groups is 3. The van der Waals surface area contributed by atoms with Crippen molar-refractivity contribution in [2.45, 2.75) is 79.2 Å². The highest BCUT2D eigenvalue weighted by Gasteiger charge is 2.36. The van der Waals surface area contributed by atoms with Gasteiger partial charge in [0.15, 0.2) is 6.10 Å². The van der Waals surface area contributed by atoms with Gasteiger partial charge < -0.3 is 14.2 Å². The largest absolute Gasteiger partial charge is 0.458 e. The molecule has 1 amide bonds. The van der Waals surface area contributed by atoms with Gasteiger partial charge in [0.25, 0.3) is 0 Å². The molecule has 7 nitrogen and oxygen atoms in total. The van der Waals surface area contributed by atoms with Crippen LogP contribution < -0.4 is 0 Å². The third-order valence-electron chi connectivity index (χ3n) is 4.08. The first kappa shape index (κ1) is 25.5. The van der Waals surface area contributed by atoms with Gasteiger partial charge in [0.1, 0.15) is 18.2 Å². The molecule has 0 bridgehead atoms. The molecule has 1 rings (SSSR count). The summed E-state index contributed by atoms with van der Waals surface area (Å²) >= 11 is 0. The van der Waals surface area contributed by atoms with E-state index < -0.39 is 35.8 Å². The minimum absolute atomic E-state index is 0.0881. The van der Waals surface area contributed by atoms with Crippen LogP contribution in [0.1, 0.15) is 60.5 Å². The Hall–Kier alpha value is -2.57. The van der Waals surface area contributed by atoms with E-state index in [0.717, 1.165) is 5.56 Å². The van der Waals surface area contributed by atoms with Crippen LogP contribution in [0.4, 0.5) is 4.79 Å². The summed E-state index contributed by atoms with van der Waals surface area (Å²) in [5.41, 5.74) is -0.132. The number of rotatable bonds is 7. The zero-order chi connectivity index (χ0) is 23.1. The van der Waals surface area contributed by atoms with E-state index in [1.807, 2.05) is 51.1 Å². The first-order valence-corrected chi connectivity index (χ1v) is 10.1. The summed E-state index contributed by atoms with van der Waals surface area (Å²) < 4.78 is 15.9. The van der Waals surface area contributed by atoms with E-state index in [4.69, 9.17) is 14.2 Å². The van der Waals surface area contributed by atoms with Gasteiger partial charge in [0, 0.05) is 7.05 Å². The fraction of sp³-hybridized carbons (Fsp3) is 0.609. The third-order valence-corrected chi connectivity index (χ3v) is 4.08. The predicted octanol–water partition coefficient (Wildman–Crippen LogP) is 4.33. The maximum Gasteiger partial charge on any atom is 0.410 e. The Morgan fingerprint density at radius 1 is 0.967 bits per heavy atom. The molecule has 0 N–H and O–H groups in total. The summed E-state index contributed by atoms with van der Waals surface area (Å²) in [7, 11) is 1.49. The molecular formula is C23H35NO6. The zero-order valence-electron chi connectivity index (χ0n) is 19.4. The fourth-order valence-electron chi connectivity index (χ4n) is 2.57. The van der Waals surface area contributed by atoms with Gasteiger partial charge in [0.2, 0.25) is 0 Å². The zero-order valence-corrected chi connectivity index (χ0v) is 19.4. The fourth-order valence-corrected chi connectivity index (χ4v) is 2.57. The average Bonchev–Trinajstić information content (AvgIpc) is 2.62. The van der Waals surface area contributed by atoms with E-state index in [9.17, 15) is 14.4 Å². The standard InChI is InChI=1S/C23H35NO6/c1-16(19(25)28-15-17-12-10-9-11-13-17)29-20(26)18(14-22(2,3)4)24(8)21(27)30-23(5,6)7/h9-13,16,18H,14-15H2,1-8H3/t16?,18-/m0/s1. The molecule has 0 aliphatic heterocycles. The molecule has 168 valence electrons. The molecule has 1 unspecified atom stereocenters. The van der Waals surface area contributed by atoms with Crippen molar-refractivity contribution in [2.24, 2.45) is 5.41 Å². The number of hydrogen-bond donors (Lipinski definition) is 0. The van der Waals surface area contributed by atoms with E-state index in [1.165, 1.54) is 18.9 Å². The Morgan fingerprint density at radius 3 is 2.03 bits per heavy atom. The molecule has 0 fully saturated rings. The Labute approximate surface area is 179 Å². The molecule has 0 spiro atoms. The van der Waals surface area contributed by atoms with Crippen LogP contribution in [0.25, 0.3) is 0 Å². The highest BCUT2D eigenvalue weighted by molar-refractivity contribution is 5.84. The summed E-state index contributed by atoms with van der Waals surface area (Å²) in [5, 5.41) is 0. The lowest BCUT2D eigenvalue weighted by molar-refractivity contribution is -0.170. The SMILES string of the molecule is CC(OC(=O)[C@H](CC(C)(C)C)N(C)C(=O)OC(C)(C)C)C(=O)OCc1ccccc1. The van der Waals surface area contributed by atoms with Crippen molar-refractivity contribution in [1.29, 1.82) is 0 Å². The lowest BCUT2D eigenvalue weighted by Gasteiger charge is -2.33. The van der Waals surface area contributed by atoms with Gasteiger partial charge in [-0.3, -0.25) is 4.90 Å². The lowest BCUT2D eigenvalue weighted by Crippen LogP contribution is -2.48. The van der Waals surface area contributed by atoms with Gasteiger partial charge >= 0.3 is 18.0 Å². The first-order valence-electron chi connectivity index (χ1n) is 10.1. The van der Waals surface area contributed by atoms with Crippen molar-refractivity contribution in [3.63, 3.8) is 0 Å². The molecule has 0 aliphatic carbocycles. The molecule has 2 atom stereocenters. The van der Waals surface area contributed by atoms with Gasteiger partial charge in [-0.05, 0) is 45.1 Å². The topological polar surface area (TPSA) is 82.1 Å². The lowest BCUT2D eigenvalue weighted by atomic mass is 9.87. The smallest absolute Gasteiger partial charge is 0.410 e. The number of benzene rings is 1. The average molecular weight is 422 g/mol. The van der Waals surface area contributed by atoms with Crippen molar-refractivity contribution in [2.75, 3.05) is 7.05 Å². The summed E-state index contributed by atoms with van der Waals surface area (Å²) in [6.45, 7) is 12.6. The number of hydrogen-bond acceptors (Lipinski definition) is 6. The van der Waals surface area contributed by atoms with Gasteiger partial charge in [0.05, 0.1) is 0 Å². The number of amides is 1. The van der Waals surface area contributed by atoms with Crippen LogP contribution >= 0.6 is 0 Å². The van der Waals surface area contributed by atoms with Gasteiger partial charge in [-0.25, -0.2) is 14.4 Å². The molecule has 0 aromatic heterocycles. The van der Waals surface area contributed by atoms with Gasteiger partial charge in [-0.15, -0.1) is 0 Å². The van der Waals surface area contributed by atoms with Crippen LogP contribution in [0, 0.1) is 5.41 Å². The van der Waals surface area contributed by atoms with Gasteiger partial charge in [-0.1, -0.05) is 51.1 Å². The maximum atomic E-state index is 12.8. The molecule has 0 heterocycles. The second kappa shape index (κ2) is 10.5. The quantitative estimate of drug-likeness (QED) is 0.481. The predicted molar refractivity (Wildman–Crippen MR) is 114 cm³/mol. The van der Waals surface area contributed by atoms with Crippen molar-refractivity contribution in [3.05, 3.63) is 35.9 Å². The third kappa shape index (κ3) is 9.29. The van der Waals surface area contributed by atoms with E-state index in [0.29, 0.717) is 6.42 Å². The Kier molecular flexibility index (Phi) is 8.88. The van der Waals surface area contributed by atoms with Crippen LogP contribution in [0.3, 0.4) is 0 Å². The molecule has 1 aromatic carbocycles. The van der Waals surface area contributed by atoms with E-state index in [1.54, 1.807) is 20.8 Å². The minimum Gasteiger partial charge on any atom is -0.458 e. The second-order valence-corrected chi connectivity index (χ2v) is 9.54. The number of esters is 2. The van der Waals surface area contributed by atoms with Crippen LogP contribution in [-0.2, 0) is 30.4 Å². The monoisotopic (exact) mass is 421 g/mol. The number of likely N-dealkylation sites (N-methyl/N-ethyl adjacent to an activating group) is 1. The summed E-state index contributed by atoms with van der Waals surface area (Å²) in [5.74, 6) is -1.33. The van der Waals surface area contributed by atoms with Crippen LogP contribution in [0.2, 0.25) is 0 Å². The van der Waals surface area contributed by atoms with Crippen molar-refractivity contribution in [3.8, 4) is 0 Å². The van der Waals surface area contributed by atoms with Crippen molar-refractivity contribution < 1.29 is 28.6 Å². The number of carbonyl (C=O) groups excluding carboxylic acids is 3. The highest BCUT2D eigenvalue weighted by Crippen LogP contribution is 2.25. The van der Waals surface area contributed by atoms with Crippen LogP contribution in [0.5, 0.6) is 0 Å². The van der Waals surface area contributed by atoms with Gasteiger partial charge in [-0.2, -0.15) is 0 Å². The van der Waals surface area contributed by atoms with Crippen LogP contribution in [0.15, 0.2) is 30.3 Å². The number of ether oxygens (including phenoxy) is 3. The molecular weight excluding hydrogens is 386 g/mol. The first-order chi connectivity index (χ1) is 13.7. The summed E-state index contributed by atoms with van der Waals surface area (Å²) in [4.78, 5) is 38.8. The Balaban J connectivity index is 2.80. The van der Waals surface area contributed by atoms with E-state index in [-0.39, 0.29) is 12.0 Å². The summed E-state index contributed by atoms with van der Waals surface area (Å²) in [6, 6.07) is 8.32. The highest BCUT2D eigenvalue weighted by atomic mass is 16.6. The van der Waals surface area contributed by atoms with E-state index >= 15 is 0 Å². The molecule has 1 aromatic rings.